The monoisotopic (exact) mass is 299 g/mol. The molecule has 22 heavy (non-hydrogen) atoms. The maximum absolute atomic E-state index is 12.7. The molecule has 6 heteroatoms. The SMILES string of the molecule is Cc1[nH]cnc1CC(=O)N1CCCC2(CCc3cn[nH]c32)C1. The molecule has 2 aromatic heterocycles. The van der Waals surface area contributed by atoms with Crippen molar-refractivity contribution >= 4 is 5.91 Å². The van der Waals surface area contributed by atoms with Gasteiger partial charge in [0.1, 0.15) is 0 Å². The van der Waals surface area contributed by atoms with Gasteiger partial charge in [0, 0.05) is 29.9 Å². The number of hydrogen-bond donors (Lipinski definition) is 2. The van der Waals surface area contributed by atoms with E-state index in [0.717, 1.165) is 50.2 Å². The fraction of sp³-hybridized carbons (Fsp3) is 0.562. The van der Waals surface area contributed by atoms with Crippen LogP contribution in [0.25, 0.3) is 0 Å². The predicted molar refractivity (Wildman–Crippen MR) is 81.4 cm³/mol. The van der Waals surface area contributed by atoms with Gasteiger partial charge in [-0.2, -0.15) is 5.10 Å². The van der Waals surface area contributed by atoms with Crippen LogP contribution in [0.2, 0.25) is 0 Å². The standard InChI is InChI=1S/C16H21N5O/c1-11-13(18-10-17-11)7-14(22)21-6-2-4-16(9-21)5-3-12-8-19-20-15(12)16/h8,10H,2-7,9H2,1H3,(H,17,18)(H,19,20). The third-order valence-corrected chi connectivity index (χ3v) is 5.30. The molecule has 0 radical (unpaired) electrons. The van der Waals surface area contributed by atoms with Crippen molar-refractivity contribution < 1.29 is 4.79 Å². The van der Waals surface area contributed by atoms with E-state index in [9.17, 15) is 4.79 Å². The number of aromatic nitrogens is 4. The van der Waals surface area contributed by atoms with Gasteiger partial charge in [0.2, 0.25) is 5.91 Å². The highest BCUT2D eigenvalue weighted by Gasteiger charge is 2.44. The predicted octanol–water partition coefficient (Wildman–Crippen LogP) is 1.49. The van der Waals surface area contributed by atoms with Gasteiger partial charge in [-0.1, -0.05) is 0 Å². The number of nitrogens with zero attached hydrogens (tertiary/aromatic N) is 3. The number of aryl methyl sites for hydroxylation is 2. The van der Waals surface area contributed by atoms with Gasteiger partial charge in [0.05, 0.1) is 24.6 Å². The molecule has 1 amide bonds. The summed E-state index contributed by atoms with van der Waals surface area (Å²) < 4.78 is 0. The molecule has 4 rings (SSSR count). The van der Waals surface area contributed by atoms with Crippen LogP contribution in [0.1, 0.15) is 41.9 Å². The van der Waals surface area contributed by atoms with Crippen molar-refractivity contribution in [1.29, 1.82) is 0 Å². The maximum Gasteiger partial charge on any atom is 0.228 e. The lowest BCUT2D eigenvalue weighted by atomic mass is 9.77. The number of piperidine rings is 1. The fourth-order valence-corrected chi connectivity index (χ4v) is 4.03. The van der Waals surface area contributed by atoms with E-state index in [-0.39, 0.29) is 11.3 Å². The summed E-state index contributed by atoms with van der Waals surface area (Å²) in [4.78, 5) is 22.0. The number of hydrogen-bond acceptors (Lipinski definition) is 3. The van der Waals surface area contributed by atoms with Crippen LogP contribution in [0, 0.1) is 6.92 Å². The fourth-order valence-electron chi connectivity index (χ4n) is 4.03. The molecule has 0 bridgehead atoms. The van der Waals surface area contributed by atoms with Gasteiger partial charge in [0.25, 0.3) is 0 Å². The molecule has 1 unspecified atom stereocenters. The highest BCUT2D eigenvalue weighted by Crippen LogP contribution is 2.43. The molecule has 1 fully saturated rings. The average molecular weight is 299 g/mol. The van der Waals surface area contributed by atoms with E-state index in [1.807, 2.05) is 18.0 Å². The highest BCUT2D eigenvalue weighted by molar-refractivity contribution is 5.79. The molecular formula is C16H21N5O. The van der Waals surface area contributed by atoms with Crippen LogP contribution in [-0.4, -0.2) is 44.1 Å². The number of likely N-dealkylation sites (tertiary alicyclic amines) is 1. The Morgan fingerprint density at radius 1 is 1.45 bits per heavy atom. The number of nitrogens with one attached hydrogen (secondary N) is 2. The van der Waals surface area contributed by atoms with Crippen LogP contribution in [0.5, 0.6) is 0 Å². The number of H-pyrrole nitrogens is 2. The van der Waals surface area contributed by atoms with Gasteiger partial charge in [-0.15, -0.1) is 0 Å². The zero-order valence-corrected chi connectivity index (χ0v) is 12.9. The van der Waals surface area contributed by atoms with E-state index in [2.05, 4.69) is 20.2 Å². The Balaban J connectivity index is 1.52. The van der Waals surface area contributed by atoms with E-state index in [1.54, 1.807) is 6.33 Å². The van der Waals surface area contributed by atoms with Crippen molar-refractivity contribution in [3.63, 3.8) is 0 Å². The first-order chi connectivity index (χ1) is 10.7. The molecule has 1 spiro atoms. The lowest BCUT2D eigenvalue weighted by molar-refractivity contribution is -0.132. The molecule has 1 saturated heterocycles. The Labute approximate surface area is 129 Å². The smallest absolute Gasteiger partial charge is 0.228 e. The first-order valence-corrected chi connectivity index (χ1v) is 7.97. The van der Waals surface area contributed by atoms with E-state index in [1.165, 1.54) is 11.3 Å². The Morgan fingerprint density at radius 2 is 2.36 bits per heavy atom. The molecule has 116 valence electrons. The molecule has 0 saturated carbocycles. The van der Waals surface area contributed by atoms with E-state index in [0.29, 0.717) is 6.42 Å². The second-order valence-electron chi connectivity index (χ2n) is 6.62. The third kappa shape index (κ3) is 2.05. The third-order valence-electron chi connectivity index (χ3n) is 5.30. The number of imidazole rings is 1. The lowest BCUT2D eigenvalue weighted by Crippen LogP contribution is -2.48. The molecule has 1 atom stereocenters. The summed E-state index contributed by atoms with van der Waals surface area (Å²) in [6, 6.07) is 0. The minimum Gasteiger partial charge on any atom is -0.348 e. The van der Waals surface area contributed by atoms with Gasteiger partial charge in [-0.25, -0.2) is 4.98 Å². The number of amides is 1. The molecule has 6 nitrogen and oxygen atoms in total. The number of carbonyl (C=O) groups is 1. The van der Waals surface area contributed by atoms with E-state index < -0.39 is 0 Å². The number of rotatable bonds is 2. The molecule has 2 aromatic rings. The van der Waals surface area contributed by atoms with Crippen LogP contribution in [0.3, 0.4) is 0 Å². The highest BCUT2D eigenvalue weighted by atomic mass is 16.2. The molecular weight excluding hydrogens is 278 g/mol. The molecule has 3 heterocycles. The second-order valence-corrected chi connectivity index (χ2v) is 6.62. The minimum atomic E-state index is 0.0976. The van der Waals surface area contributed by atoms with Crippen LogP contribution in [0.15, 0.2) is 12.5 Å². The summed E-state index contributed by atoms with van der Waals surface area (Å²) in [5.41, 5.74) is 4.54. The second kappa shape index (κ2) is 4.97. The van der Waals surface area contributed by atoms with Crippen LogP contribution < -0.4 is 0 Å². The van der Waals surface area contributed by atoms with Gasteiger partial charge in [-0.3, -0.25) is 9.89 Å². The first kappa shape index (κ1) is 13.5. The van der Waals surface area contributed by atoms with Crippen molar-refractivity contribution in [2.45, 2.75) is 44.4 Å². The number of aromatic amines is 2. The normalized spacial score (nSPS) is 24.0. The van der Waals surface area contributed by atoms with E-state index >= 15 is 0 Å². The largest absolute Gasteiger partial charge is 0.348 e. The molecule has 2 N–H and O–H groups in total. The summed E-state index contributed by atoms with van der Waals surface area (Å²) in [7, 11) is 0. The van der Waals surface area contributed by atoms with Gasteiger partial charge >= 0.3 is 0 Å². The van der Waals surface area contributed by atoms with Crippen LogP contribution >= 0.6 is 0 Å². The average Bonchev–Trinajstić information content (AvgIpc) is 3.21. The summed E-state index contributed by atoms with van der Waals surface area (Å²) in [5.74, 6) is 0.183. The van der Waals surface area contributed by atoms with Crippen molar-refractivity contribution in [3.8, 4) is 0 Å². The van der Waals surface area contributed by atoms with Crippen molar-refractivity contribution in [1.82, 2.24) is 25.1 Å². The summed E-state index contributed by atoms with van der Waals surface area (Å²) >= 11 is 0. The lowest BCUT2D eigenvalue weighted by Gasteiger charge is -2.40. The van der Waals surface area contributed by atoms with Crippen LogP contribution in [-0.2, 0) is 23.1 Å². The van der Waals surface area contributed by atoms with Crippen molar-refractivity contribution in [2.24, 2.45) is 0 Å². The maximum atomic E-state index is 12.7. The molecule has 2 aliphatic rings. The topological polar surface area (TPSA) is 77.7 Å². The quantitative estimate of drug-likeness (QED) is 0.882. The van der Waals surface area contributed by atoms with Crippen molar-refractivity contribution in [3.05, 3.63) is 35.2 Å². The zero-order chi connectivity index (χ0) is 15.2. The summed E-state index contributed by atoms with van der Waals surface area (Å²) in [5, 5.41) is 7.38. The van der Waals surface area contributed by atoms with Gasteiger partial charge in [0.15, 0.2) is 0 Å². The number of fused-ring (bicyclic) bond motifs is 2. The molecule has 1 aliphatic heterocycles. The summed E-state index contributed by atoms with van der Waals surface area (Å²) in [6.07, 6.45) is 8.40. The minimum absolute atomic E-state index is 0.0976. The Bertz CT molecular complexity index is 703. The Kier molecular flexibility index (Phi) is 3.06. The zero-order valence-electron chi connectivity index (χ0n) is 12.9. The van der Waals surface area contributed by atoms with Gasteiger partial charge in [-0.05, 0) is 38.2 Å². The summed E-state index contributed by atoms with van der Waals surface area (Å²) in [6.45, 7) is 3.62. The van der Waals surface area contributed by atoms with E-state index in [4.69, 9.17) is 0 Å². The molecule has 0 aromatic carbocycles. The van der Waals surface area contributed by atoms with Crippen molar-refractivity contribution in [2.75, 3.05) is 13.1 Å². The van der Waals surface area contributed by atoms with Gasteiger partial charge < -0.3 is 9.88 Å². The van der Waals surface area contributed by atoms with Crippen LogP contribution in [0.4, 0.5) is 0 Å². The number of carbonyl (C=O) groups excluding carboxylic acids is 1. The Hall–Kier alpha value is -2.11. The first-order valence-electron chi connectivity index (χ1n) is 7.97. The molecule has 1 aliphatic carbocycles. The Morgan fingerprint density at radius 3 is 3.18 bits per heavy atom.